The minimum absolute atomic E-state index is 0.179. The van der Waals surface area contributed by atoms with E-state index in [-0.39, 0.29) is 11.7 Å². The van der Waals surface area contributed by atoms with Crippen LogP contribution >= 0.6 is 15.9 Å². The molecule has 0 aliphatic heterocycles. The first-order chi connectivity index (χ1) is 13.3. The Kier molecular flexibility index (Phi) is 5.84. The molecule has 2 N–H and O–H groups in total. The van der Waals surface area contributed by atoms with Crippen molar-refractivity contribution >= 4 is 44.8 Å². The summed E-state index contributed by atoms with van der Waals surface area (Å²) in [7, 11) is 3.93. The number of anilines is 3. The van der Waals surface area contributed by atoms with Crippen molar-refractivity contribution in [3.8, 4) is 0 Å². The molecule has 1 aromatic heterocycles. The number of benzene rings is 2. The minimum Gasteiger partial charge on any atom is -0.444 e. The van der Waals surface area contributed by atoms with Gasteiger partial charge in [0.1, 0.15) is 0 Å². The van der Waals surface area contributed by atoms with E-state index in [0.29, 0.717) is 15.9 Å². The predicted octanol–water partition coefficient (Wildman–Crippen LogP) is 4.92. The number of nitrogens with one attached hydrogen (secondary N) is 2. The van der Waals surface area contributed by atoms with Gasteiger partial charge in [-0.15, -0.1) is 0 Å². The first kappa shape index (κ1) is 19.7. The van der Waals surface area contributed by atoms with Crippen LogP contribution < -0.4 is 15.5 Å². The number of furan rings is 1. The molecule has 0 aliphatic rings. The Morgan fingerprint density at radius 1 is 0.964 bits per heavy atom. The number of halogens is 1. The highest BCUT2D eigenvalue weighted by Crippen LogP contribution is 2.22. The van der Waals surface area contributed by atoms with Crippen LogP contribution in [-0.2, 0) is 0 Å². The number of amides is 2. The number of hydrogen-bond acceptors (Lipinski definition) is 4. The highest BCUT2D eigenvalue weighted by molar-refractivity contribution is 9.10. The van der Waals surface area contributed by atoms with E-state index in [2.05, 4.69) is 26.6 Å². The monoisotopic (exact) mass is 441 g/mol. The van der Waals surface area contributed by atoms with Gasteiger partial charge in [-0.1, -0.05) is 6.07 Å². The van der Waals surface area contributed by atoms with Gasteiger partial charge in [-0.3, -0.25) is 9.59 Å². The zero-order chi connectivity index (χ0) is 20.3. The molecule has 2 aromatic carbocycles. The fourth-order valence-electron chi connectivity index (χ4n) is 2.63. The van der Waals surface area contributed by atoms with Crippen LogP contribution in [0.3, 0.4) is 0 Å². The average Bonchev–Trinajstić information content (AvgIpc) is 3.10. The maximum absolute atomic E-state index is 12.6. The fourth-order valence-corrected chi connectivity index (χ4v) is 2.93. The van der Waals surface area contributed by atoms with E-state index in [1.807, 2.05) is 44.1 Å². The third-order valence-electron chi connectivity index (χ3n) is 4.15. The summed E-state index contributed by atoms with van der Waals surface area (Å²) in [6.07, 6.45) is 0. The van der Waals surface area contributed by atoms with Gasteiger partial charge in [-0.05, 0) is 76.9 Å². The van der Waals surface area contributed by atoms with E-state index in [0.717, 1.165) is 16.9 Å². The molecule has 0 bridgehead atoms. The summed E-state index contributed by atoms with van der Waals surface area (Å²) in [5.41, 5.74) is 3.71. The van der Waals surface area contributed by atoms with E-state index in [9.17, 15) is 9.59 Å². The van der Waals surface area contributed by atoms with Crippen molar-refractivity contribution in [3.05, 3.63) is 76.2 Å². The molecule has 0 spiro atoms. The molecule has 7 heteroatoms. The first-order valence-electron chi connectivity index (χ1n) is 8.59. The van der Waals surface area contributed by atoms with Crippen LogP contribution in [-0.4, -0.2) is 25.9 Å². The minimum atomic E-state index is -0.390. The number of carbonyl (C=O) groups is 2. The van der Waals surface area contributed by atoms with Crippen LogP contribution in [0, 0.1) is 6.92 Å². The summed E-state index contributed by atoms with van der Waals surface area (Å²) in [5, 5.41) is 5.64. The highest BCUT2D eigenvalue weighted by Gasteiger charge is 2.13. The number of nitrogens with zero attached hydrogens (tertiary/aromatic N) is 1. The molecular formula is C21H20BrN3O3. The van der Waals surface area contributed by atoms with Gasteiger partial charge >= 0.3 is 0 Å². The Balaban J connectivity index is 1.73. The summed E-state index contributed by atoms with van der Waals surface area (Å²) < 4.78 is 5.71. The van der Waals surface area contributed by atoms with E-state index in [1.165, 1.54) is 0 Å². The normalized spacial score (nSPS) is 10.4. The molecule has 0 atom stereocenters. The van der Waals surface area contributed by atoms with Crippen LogP contribution in [0.1, 0.15) is 26.5 Å². The van der Waals surface area contributed by atoms with Crippen LogP contribution in [0.15, 0.2) is 63.7 Å². The molecule has 6 nitrogen and oxygen atoms in total. The van der Waals surface area contributed by atoms with Gasteiger partial charge in [-0.2, -0.15) is 0 Å². The summed E-state index contributed by atoms with van der Waals surface area (Å²) >= 11 is 3.16. The molecular weight excluding hydrogens is 422 g/mol. The quantitative estimate of drug-likeness (QED) is 0.588. The van der Waals surface area contributed by atoms with Crippen molar-refractivity contribution in [3.63, 3.8) is 0 Å². The Morgan fingerprint density at radius 2 is 1.75 bits per heavy atom. The SMILES string of the molecule is Cc1cc(N(C)C)ccc1NC(=O)c1cccc(NC(=O)c2ccc(Br)o2)c1. The van der Waals surface area contributed by atoms with E-state index in [4.69, 9.17) is 4.42 Å². The fraction of sp³-hybridized carbons (Fsp3) is 0.143. The highest BCUT2D eigenvalue weighted by atomic mass is 79.9. The smallest absolute Gasteiger partial charge is 0.291 e. The predicted molar refractivity (Wildman–Crippen MR) is 114 cm³/mol. The van der Waals surface area contributed by atoms with Gasteiger partial charge in [0, 0.05) is 36.7 Å². The molecule has 0 saturated heterocycles. The number of aryl methyl sites for hydroxylation is 1. The van der Waals surface area contributed by atoms with Crippen molar-refractivity contribution in [1.29, 1.82) is 0 Å². The van der Waals surface area contributed by atoms with Crippen molar-refractivity contribution < 1.29 is 14.0 Å². The van der Waals surface area contributed by atoms with Gasteiger partial charge in [0.15, 0.2) is 10.4 Å². The molecule has 0 unspecified atom stereocenters. The van der Waals surface area contributed by atoms with E-state index in [1.54, 1.807) is 36.4 Å². The van der Waals surface area contributed by atoms with Gasteiger partial charge in [0.2, 0.25) is 0 Å². The van der Waals surface area contributed by atoms with Gasteiger partial charge in [-0.25, -0.2) is 0 Å². The Labute approximate surface area is 171 Å². The van der Waals surface area contributed by atoms with E-state index >= 15 is 0 Å². The number of carbonyl (C=O) groups excluding carboxylic acids is 2. The third-order valence-corrected chi connectivity index (χ3v) is 4.58. The van der Waals surface area contributed by atoms with Crippen LogP contribution in [0.25, 0.3) is 0 Å². The Morgan fingerprint density at radius 3 is 2.39 bits per heavy atom. The maximum Gasteiger partial charge on any atom is 0.291 e. The van der Waals surface area contributed by atoms with Crippen LogP contribution in [0.4, 0.5) is 17.1 Å². The molecule has 0 fully saturated rings. The van der Waals surface area contributed by atoms with Gasteiger partial charge in [0.05, 0.1) is 0 Å². The molecule has 0 aliphatic carbocycles. The lowest BCUT2D eigenvalue weighted by Crippen LogP contribution is -2.15. The lowest BCUT2D eigenvalue weighted by molar-refractivity contribution is 0.0992. The molecule has 1 heterocycles. The summed E-state index contributed by atoms with van der Waals surface area (Å²) in [4.78, 5) is 26.8. The second kappa shape index (κ2) is 8.31. The summed E-state index contributed by atoms with van der Waals surface area (Å²) in [6, 6.07) is 15.8. The first-order valence-corrected chi connectivity index (χ1v) is 9.39. The summed E-state index contributed by atoms with van der Waals surface area (Å²) in [6.45, 7) is 1.95. The lowest BCUT2D eigenvalue weighted by atomic mass is 10.1. The zero-order valence-electron chi connectivity index (χ0n) is 15.7. The maximum atomic E-state index is 12.6. The summed E-state index contributed by atoms with van der Waals surface area (Å²) in [5.74, 6) is -0.464. The number of rotatable bonds is 5. The zero-order valence-corrected chi connectivity index (χ0v) is 17.3. The topological polar surface area (TPSA) is 74.6 Å². The van der Waals surface area contributed by atoms with Crippen molar-refractivity contribution in [1.82, 2.24) is 0 Å². The molecule has 2 amide bonds. The molecule has 0 radical (unpaired) electrons. The lowest BCUT2D eigenvalue weighted by Gasteiger charge is -2.15. The molecule has 3 rings (SSSR count). The van der Waals surface area contributed by atoms with Crippen LogP contribution in [0.5, 0.6) is 0 Å². The van der Waals surface area contributed by atoms with Crippen molar-refractivity contribution in [2.45, 2.75) is 6.92 Å². The molecule has 3 aromatic rings. The average molecular weight is 442 g/mol. The van der Waals surface area contributed by atoms with Gasteiger partial charge in [0.25, 0.3) is 11.8 Å². The standard InChI is InChI=1S/C21H20BrN3O3/c1-13-11-16(25(2)3)7-8-17(13)24-20(26)14-5-4-6-15(12-14)23-21(27)18-9-10-19(22)28-18/h4-12H,1-3H3,(H,23,27)(H,24,26). The van der Waals surface area contributed by atoms with E-state index < -0.39 is 5.91 Å². The largest absolute Gasteiger partial charge is 0.444 e. The van der Waals surface area contributed by atoms with Crippen LogP contribution in [0.2, 0.25) is 0 Å². The third kappa shape index (κ3) is 4.61. The molecule has 28 heavy (non-hydrogen) atoms. The van der Waals surface area contributed by atoms with Gasteiger partial charge < -0.3 is 20.0 Å². The molecule has 144 valence electrons. The Hall–Kier alpha value is -3.06. The molecule has 0 saturated carbocycles. The van der Waals surface area contributed by atoms with Crippen molar-refractivity contribution in [2.75, 3.05) is 29.6 Å². The second-order valence-electron chi connectivity index (χ2n) is 6.49. The Bertz CT molecular complexity index is 1030. The second-order valence-corrected chi connectivity index (χ2v) is 7.27. The van der Waals surface area contributed by atoms with Crippen molar-refractivity contribution in [2.24, 2.45) is 0 Å². The number of hydrogen-bond donors (Lipinski definition) is 2.